The minimum absolute atomic E-state index is 0. The van der Waals surface area contributed by atoms with E-state index < -0.39 is 0 Å². The van der Waals surface area contributed by atoms with Crippen LogP contribution in [-0.4, -0.2) is 53.8 Å². The molecule has 0 amide bonds. The van der Waals surface area contributed by atoms with Gasteiger partial charge in [-0.1, -0.05) is 19.8 Å². The first-order valence-corrected chi connectivity index (χ1v) is 8.34. The quantitative estimate of drug-likeness (QED) is 0.401. The van der Waals surface area contributed by atoms with Crippen LogP contribution in [0.25, 0.3) is 16.0 Å². The maximum atomic E-state index is 4.24. The van der Waals surface area contributed by atoms with Crippen molar-refractivity contribution in [2.45, 2.75) is 31.8 Å². The van der Waals surface area contributed by atoms with Gasteiger partial charge in [0.15, 0.2) is 0 Å². The summed E-state index contributed by atoms with van der Waals surface area (Å²) < 4.78 is 0. The Hall–Kier alpha value is 1.02. The summed E-state index contributed by atoms with van der Waals surface area (Å²) in [6.07, 6.45) is 5.52. The molecule has 0 heterocycles. The molecule has 1 aliphatic carbocycles. The molecule has 0 N–H and O–H groups in total. The molecule has 1 saturated carbocycles. The molecular formula is C14H34N3PTi. The van der Waals surface area contributed by atoms with Gasteiger partial charge in [0.25, 0.3) is 0 Å². The van der Waals surface area contributed by atoms with E-state index in [1.54, 1.807) is 28.2 Å². The topological polar surface area (TPSA) is 42.3 Å². The van der Waals surface area contributed by atoms with Crippen molar-refractivity contribution in [3.8, 4) is 0 Å². The average Bonchev–Trinajstić information content (AvgIpc) is 2.67. The van der Waals surface area contributed by atoms with Crippen molar-refractivity contribution < 1.29 is 21.7 Å². The fraction of sp³-hybridized carbons (Fsp3) is 0.929. The Balaban J connectivity index is -0.000000122. The fourth-order valence-electron chi connectivity index (χ4n) is 2.11. The summed E-state index contributed by atoms with van der Waals surface area (Å²) in [5.41, 5.74) is 1.02. The predicted octanol–water partition coefficient (Wildman–Crippen LogP) is 4.93. The Kier molecular flexibility index (Phi) is 31.7. The van der Waals surface area contributed by atoms with E-state index in [-0.39, 0.29) is 37.1 Å². The maximum Gasteiger partial charge on any atom is 4.00 e. The van der Waals surface area contributed by atoms with Gasteiger partial charge in [-0.05, 0) is 24.7 Å². The third kappa shape index (κ3) is 17.0. The zero-order chi connectivity index (χ0) is 13.7. The minimum atomic E-state index is 0. The molecule has 1 aliphatic rings. The van der Waals surface area contributed by atoms with Gasteiger partial charge in [-0.25, -0.2) is 0 Å². The second-order valence-corrected chi connectivity index (χ2v) is 7.04. The summed E-state index contributed by atoms with van der Waals surface area (Å²) in [5, 5.41) is 11.2. The molecule has 19 heavy (non-hydrogen) atoms. The van der Waals surface area contributed by atoms with Crippen molar-refractivity contribution in [2.24, 2.45) is 5.92 Å². The first-order valence-electron chi connectivity index (χ1n) is 6.30. The molecule has 0 radical (unpaired) electrons. The molecule has 3 nitrogen and oxygen atoms in total. The van der Waals surface area contributed by atoms with Crippen LogP contribution in [0.4, 0.5) is 0 Å². The SMILES string of the molecule is C[N-]C.C[N-]C.C[N-]CP(C)C1CCC[C@@H]1C.[CH3-].[Ti+4]. The van der Waals surface area contributed by atoms with E-state index in [9.17, 15) is 0 Å². The Bertz CT molecular complexity index is 149. The van der Waals surface area contributed by atoms with E-state index in [1.165, 1.54) is 19.3 Å². The number of hydrogen-bond acceptors (Lipinski definition) is 0. The van der Waals surface area contributed by atoms with Crippen molar-refractivity contribution in [1.29, 1.82) is 0 Å². The minimum Gasteiger partial charge on any atom is -0.668 e. The first-order chi connectivity index (χ1) is 8.08. The Labute approximate surface area is 139 Å². The number of rotatable bonds is 3. The summed E-state index contributed by atoms with van der Waals surface area (Å²) in [6.45, 7) is 4.82. The molecule has 3 atom stereocenters. The van der Waals surface area contributed by atoms with E-state index in [2.05, 4.69) is 29.5 Å². The summed E-state index contributed by atoms with van der Waals surface area (Å²) in [4.78, 5) is 0. The molecule has 0 spiro atoms. The zero-order valence-electron chi connectivity index (χ0n) is 14.3. The van der Waals surface area contributed by atoms with Gasteiger partial charge in [0.1, 0.15) is 0 Å². The second-order valence-electron chi connectivity index (χ2n) is 4.58. The molecular weight excluding hydrogens is 289 g/mol. The van der Waals surface area contributed by atoms with Gasteiger partial charge in [0, 0.05) is 0 Å². The van der Waals surface area contributed by atoms with Crippen LogP contribution in [0.2, 0.25) is 0 Å². The van der Waals surface area contributed by atoms with Crippen LogP contribution in [0, 0.1) is 13.3 Å². The maximum absolute atomic E-state index is 4.24. The molecule has 0 aromatic heterocycles. The average molecular weight is 323 g/mol. The van der Waals surface area contributed by atoms with Gasteiger partial charge < -0.3 is 23.4 Å². The van der Waals surface area contributed by atoms with Crippen LogP contribution in [0.5, 0.6) is 0 Å². The Morgan fingerprint density at radius 1 is 1.00 bits per heavy atom. The van der Waals surface area contributed by atoms with Gasteiger partial charge in [-0.15, -0.1) is 14.2 Å². The fourth-order valence-corrected chi connectivity index (χ4v) is 4.41. The first kappa shape index (κ1) is 28.2. The van der Waals surface area contributed by atoms with Crippen LogP contribution < -0.4 is 0 Å². The summed E-state index contributed by atoms with van der Waals surface area (Å²) >= 11 is 0. The van der Waals surface area contributed by atoms with Gasteiger partial charge >= 0.3 is 21.7 Å². The number of hydrogen-bond donors (Lipinski definition) is 0. The van der Waals surface area contributed by atoms with E-state index in [4.69, 9.17) is 0 Å². The second kappa shape index (κ2) is 21.3. The van der Waals surface area contributed by atoms with Crippen molar-refractivity contribution >= 4 is 7.92 Å². The smallest absolute Gasteiger partial charge is 0.668 e. The third-order valence-corrected chi connectivity index (χ3v) is 5.38. The van der Waals surface area contributed by atoms with Gasteiger partial charge in [-0.2, -0.15) is 35.2 Å². The predicted molar refractivity (Wildman–Crippen MR) is 90.6 cm³/mol. The normalized spacial score (nSPS) is 21.6. The monoisotopic (exact) mass is 323 g/mol. The van der Waals surface area contributed by atoms with Crippen LogP contribution in [0.1, 0.15) is 26.2 Å². The van der Waals surface area contributed by atoms with Crippen molar-refractivity contribution in [3.63, 3.8) is 0 Å². The van der Waals surface area contributed by atoms with E-state index in [0.717, 1.165) is 17.9 Å². The van der Waals surface area contributed by atoms with E-state index >= 15 is 0 Å². The Morgan fingerprint density at radius 3 is 1.68 bits per heavy atom. The van der Waals surface area contributed by atoms with Gasteiger partial charge in [0.2, 0.25) is 0 Å². The van der Waals surface area contributed by atoms with Crippen molar-refractivity contribution in [3.05, 3.63) is 23.4 Å². The molecule has 0 bridgehead atoms. The largest absolute Gasteiger partial charge is 4.00 e. The van der Waals surface area contributed by atoms with E-state index in [1.807, 2.05) is 7.05 Å². The van der Waals surface area contributed by atoms with Crippen LogP contribution in [-0.2, 0) is 21.7 Å². The van der Waals surface area contributed by atoms with Crippen molar-refractivity contribution in [2.75, 3.05) is 48.2 Å². The van der Waals surface area contributed by atoms with Crippen molar-refractivity contribution in [1.82, 2.24) is 0 Å². The molecule has 0 aliphatic heterocycles. The van der Waals surface area contributed by atoms with E-state index in [0.29, 0.717) is 0 Å². The summed E-state index contributed by atoms with van der Waals surface area (Å²) in [5.74, 6) is 0.980. The molecule has 0 saturated heterocycles. The van der Waals surface area contributed by atoms with Gasteiger partial charge in [0.05, 0.1) is 0 Å². The standard InChI is InChI=1S/C9H19NP.2C2H6N.CH3.Ti/c1-8-5-4-6-9(8)11(3)7-10-2;2*1-3-2;;/h8-9H,4-7H2,1-3H3;2*1-2H3;1H3;/q4*-1;+4/t8-,9?,11?;;;;/m0..../s1. The zero-order valence-corrected chi connectivity index (χ0v) is 16.7. The summed E-state index contributed by atoms with van der Waals surface area (Å²) in [7, 11) is 9.16. The molecule has 114 valence electrons. The molecule has 2 unspecified atom stereocenters. The molecule has 0 aromatic rings. The molecule has 1 fully saturated rings. The van der Waals surface area contributed by atoms with Crippen LogP contribution >= 0.6 is 7.92 Å². The Morgan fingerprint density at radius 2 is 1.42 bits per heavy atom. The molecule has 5 heteroatoms. The van der Waals surface area contributed by atoms with Crippen LogP contribution in [0.3, 0.4) is 0 Å². The number of nitrogens with zero attached hydrogens (tertiary/aromatic N) is 3. The summed E-state index contributed by atoms with van der Waals surface area (Å²) in [6, 6.07) is 0. The molecule has 1 rings (SSSR count). The van der Waals surface area contributed by atoms with Gasteiger partial charge in [-0.3, -0.25) is 0 Å². The van der Waals surface area contributed by atoms with Crippen LogP contribution in [0.15, 0.2) is 0 Å². The molecule has 0 aromatic carbocycles. The third-order valence-electron chi connectivity index (χ3n) is 2.75.